The Labute approximate surface area is 114 Å². The Balaban J connectivity index is 1.76. The maximum Gasteiger partial charge on any atom is 0.126 e. The molecular weight excluding hydrogens is 239 g/mol. The van der Waals surface area contributed by atoms with Crippen molar-refractivity contribution in [3.8, 4) is 0 Å². The van der Waals surface area contributed by atoms with Crippen LogP contribution in [0.2, 0.25) is 0 Å². The van der Waals surface area contributed by atoms with Crippen LogP contribution in [0.4, 0.5) is 4.39 Å². The second-order valence-electron chi connectivity index (χ2n) is 6.10. The number of halogens is 1. The van der Waals surface area contributed by atoms with Gasteiger partial charge in [0.15, 0.2) is 0 Å². The first kappa shape index (κ1) is 13.1. The summed E-state index contributed by atoms with van der Waals surface area (Å²) in [5.41, 5.74) is 8.12. The summed E-state index contributed by atoms with van der Waals surface area (Å²) in [5.74, 6) is -0.0286. The minimum absolute atomic E-state index is 0.0286. The van der Waals surface area contributed by atoms with Gasteiger partial charge in [-0.05, 0) is 62.8 Å². The molecule has 1 fully saturated rings. The zero-order valence-corrected chi connectivity index (χ0v) is 11.6. The summed E-state index contributed by atoms with van der Waals surface area (Å²) in [7, 11) is 2.20. The van der Waals surface area contributed by atoms with Crippen LogP contribution >= 0.6 is 0 Å². The summed E-state index contributed by atoms with van der Waals surface area (Å²) >= 11 is 0. The minimum Gasteiger partial charge on any atom is -0.328 e. The molecule has 0 heterocycles. The summed E-state index contributed by atoms with van der Waals surface area (Å²) in [4.78, 5) is 2.47. The average Bonchev–Trinajstić information content (AvgIpc) is 2.84. The highest BCUT2D eigenvalue weighted by molar-refractivity contribution is 5.35. The monoisotopic (exact) mass is 262 g/mol. The number of nitrogens with two attached hydrogens (primary N) is 1. The SMILES string of the molecule is CN(C1CCC(N)CC1)C1CCc2c(F)cccc21. The van der Waals surface area contributed by atoms with E-state index in [1.54, 1.807) is 6.07 Å². The van der Waals surface area contributed by atoms with E-state index in [0.29, 0.717) is 18.1 Å². The van der Waals surface area contributed by atoms with Crippen LogP contribution in [0.1, 0.15) is 49.3 Å². The van der Waals surface area contributed by atoms with Gasteiger partial charge in [0.05, 0.1) is 0 Å². The molecule has 0 spiro atoms. The number of hydrogen-bond donors (Lipinski definition) is 1. The maximum absolute atomic E-state index is 13.8. The van der Waals surface area contributed by atoms with Gasteiger partial charge in [0.1, 0.15) is 5.82 Å². The van der Waals surface area contributed by atoms with Crippen molar-refractivity contribution in [2.75, 3.05) is 7.05 Å². The number of benzene rings is 1. The predicted octanol–water partition coefficient (Wildman–Crippen LogP) is 3.01. The quantitative estimate of drug-likeness (QED) is 0.887. The summed E-state index contributed by atoms with van der Waals surface area (Å²) in [5, 5.41) is 0. The zero-order valence-electron chi connectivity index (χ0n) is 11.6. The second kappa shape index (κ2) is 5.22. The van der Waals surface area contributed by atoms with Crippen molar-refractivity contribution in [2.45, 2.75) is 56.7 Å². The first-order chi connectivity index (χ1) is 9.16. The van der Waals surface area contributed by atoms with Crippen molar-refractivity contribution in [1.29, 1.82) is 0 Å². The van der Waals surface area contributed by atoms with Crippen molar-refractivity contribution in [3.05, 3.63) is 35.1 Å². The molecular formula is C16H23FN2. The summed E-state index contributed by atoms with van der Waals surface area (Å²) < 4.78 is 13.8. The van der Waals surface area contributed by atoms with E-state index < -0.39 is 0 Å². The predicted molar refractivity (Wildman–Crippen MR) is 75.5 cm³/mol. The Kier molecular flexibility index (Phi) is 3.59. The van der Waals surface area contributed by atoms with Crippen LogP contribution < -0.4 is 5.73 Å². The second-order valence-corrected chi connectivity index (χ2v) is 6.10. The molecule has 3 rings (SSSR count). The summed E-state index contributed by atoms with van der Waals surface area (Å²) in [6.07, 6.45) is 6.53. The lowest BCUT2D eigenvalue weighted by molar-refractivity contribution is 0.131. The van der Waals surface area contributed by atoms with Crippen molar-refractivity contribution >= 4 is 0 Å². The van der Waals surface area contributed by atoms with E-state index in [1.165, 1.54) is 18.4 Å². The fourth-order valence-corrected chi connectivity index (χ4v) is 3.77. The summed E-state index contributed by atoms with van der Waals surface area (Å²) in [6, 6.07) is 6.92. The molecule has 2 aliphatic carbocycles. The van der Waals surface area contributed by atoms with Crippen LogP contribution in [0, 0.1) is 5.82 Å². The van der Waals surface area contributed by atoms with Gasteiger partial charge in [-0.1, -0.05) is 12.1 Å². The Bertz CT molecular complexity index is 452. The molecule has 2 aliphatic rings. The van der Waals surface area contributed by atoms with E-state index in [9.17, 15) is 4.39 Å². The molecule has 2 nitrogen and oxygen atoms in total. The molecule has 1 aromatic carbocycles. The van der Waals surface area contributed by atoms with Gasteiger partial charge in [0.25, 0.3) is 0 Å². The van der Waals surface area contributed by atoms with Crippen molar-refractivity contribution in [3.63, 3.8) is 0 Å². The molecule has 1 aromatic rings. The van der Waals surface area contributed by atoms with Gasteiger partial charge in [0, 0.05) is 18.1 Å². The Morgan fingerprint density at radius 2 is 1.89 bits per heavy atom. The highest BCUT2D eigenvalue weighted by Gasteiger charge is 2.32. The minimum atomic E-state index is -0.0286. The van der Waals surface area contributed by atoms with E-state index >= 15 is 0 Å². The van der Waals surface area contributed by atoms with E-state index in [-0.39, 0.29) is 5.82 Å². The van der Waals surface area contributed by atoms with E-state index in [2.05, 4.69) is 18.0 Å². The lowest BCUT2D eigenvalue weighted by Crippen LogP contribution is -2.40. The van der Waals surface area contributed by atoms with Crippen LogP contribution in [0.15, 0.2) is 18.2 Å². The lowest BCUT2D eigenvalue weighted by Gasteiger charge is -2.37. The van der Waals surface area contributed by atoms with Crippen molar-refractivity contribution in [1.82, 2.24) is 4.90 Å². The fourth-order valence-electron chi connectivity index (χ4n) is 3.77. The third-order valence-electron chi connectivity index (χ3n) is 4.99. The molecule has 1 saturated carbocycles. The first-order valence-corrected chi connectivity index (χ1v) is 7.41. The molecule has 0 bridgehead atoms. The molecule has 1 atom stereocenters. The molecule has 1 unspecified atom stereocenters. The number of rotatable bonds is 2. The van der Waals surface area contributed by atoms with E-state index in [4.69, 9.17) is 5.73 Å². The normalized spacial score (nSPS) is 30.6. The average molecular weight is 262 g/mol. The molecule has 2 N–H and O–H groups in total. The molecule has 0 radical (unpaired) electrons. The zero-order chi connectivity index (χ0) is 13.4. The molecule has 0 amide bonds. The van der Waals surface area contributed by atoms with Gasteiger partial charge in [-0.25, -0.2) is 4.39 Å². The van der Waals surface area contributed by atoms with Crippen molar-refractivity contribution in [2.24, 2.45) is 5.73 Å². The Morgan fingerprint density at radius 3 is 2.63 bits per heavy atom. The highest BCUT2D eigenvalue weighted by Crippen LogP contribution is 2.39. The smallest absolute Gasteiger partial charge is 0.126 e. The third-order valence-corrected chi connectivity index (χ3v) is 4.99. The fraction of sp³-hybridized carbons (Fsp3) is 0.625. The molecule has 0 saturated heterocycles. The van der Waals surface area contributed by atoms with Gasteiger partial charge < -0.3 is 5.73 Å². The van der Waals surface area contributed by atoms with Crippen LogP contribution in [0.5, 0.6) is 0 Å². The lowest BCUT2D eigenvalue weighted by atomic mass is 9.89. The van der Waals surface area contributed by atoms with Crippen molar-refractivity contribution < 1.29 is 4.39 Å². The molecule has 0 aromatic heterocycles. The van der Waals surface area contributed by atoms with Crippen LogP contribution in [0.25, 0.3) is 0 Å². The molecule has 0 aliphatic heterocycles. The van der Waals surface area contributed by atoms with Crippen LogP contribution in [0.3, 0.4) is 0 Å². The maximum atomic E-state index is 13.8. The molecule has 19 heavy (non-hydrogen) atoms. The standard InChI is InChI=1S/C16H23FN2/c1-19(12-7-5-11(18)6-8-12)16-10-9-13-14(16)3-2-4-15(13)17/h2-4,11-12,16H,5-10,18H2,1H3. The number of nitrogens with zero attached hydrogens (tertiary/aromatic N) is 1. The number of hydrogen-bond acceptors (Lipinski definition) is 2. The Hall–Kier alpha value is -0.930. The molecule has 3 heteroatoms. The first-order valence-electron chi connectivity index (χ1n) is 7.41. The number of fused-ring (bicyclic) bond motifs is 1. The van der Waals surface area contributed by atoms with E-state index in [0.717, 1.165) is 31.2 Å². The van der Waals surface area contributed by atoms with Gasteiger partial charge in [-0.15, -0.1) is 0 Å². The third kappa shape index (κ3) is 2.41. The van der Waals surface area contributed by atoms with Gasteiger partial charge in [0.2, 0.25) is 0 Å². The van der Waals surface area contributed by atoms with Gasteiger partial charge in [-0.3, -0.25) is 4.90 Å². The Morgan fingerprint density at radius 1 is 1.16 bits per heavy atom. The van der Waals surface area contributed by atoms with Gasteiger partial charge >= 0.3 is 0 Å². The van der Waals surface area contributed by atoms with E-state index in [1.807, 2.05) is 6.07 Å². The van der Waals surface area contributed by atoms with Gasteiger partial charge in [-0.2, -0.15) is 0 Å². The largest absolute Gasteiger partial charge is 0.328 e. The highest BCUT2D eigenvalue weighted by atomic mass is 19.1. The van der Waals surface area contributed by atoms with Crippen LogP contribution in [-0.2, 0) is 6.42 Å². The van der Waals surface area contributed by atoms with Crippen LogP contribution in [-0.4, -0.2) is 24.0 Å². The topological polar surface area (TPSA) is 29.3 Å². The molecule has 104 valence electrons. The summed E-state index contributed by atoms with van der Waals surface area (Å²) in [6.45, 7) is 0.